The molecule has 11 heteroatoms. The number of hydrogen-bond donors (Lipinski definition) is 0. The van der Waals surface area contributed by atoms with Crippen molar-refractivity contribution in [3.05, 3.63) is 70.9 Å². The van der Waals surface area contributed by atoms with Crippen molar-refractivity contribution < 1.29 is 22.3 Å². The SMILES string of the molecule is Cc1ccc(C(C)C)c(OCc2ccc(-c3nc4c5sc6nc(C(F)(F)F)cc(C)c6c5ncn4n3)o2)c1. The molecule has 0 aliphatic carbocycles. The van der Waals surface area contributed by atoms with Crippen LogP contribution < -0.4 is 4.74 Å². The number of benzene rings is 1. The first-order valence-corrected chi connectivity index (χ1v) is 12.7. The summed E-state index contributed by atoms with van der Waals surface area (Å²) in [5.74, 6) is 2.53. The van der Waals surface area contributed by atoms with Crippen molar-refractivity contribution in [3.8, 4) is 17.3 Å². The van der Waals surface area contributed by atoms with Crippen LogP contribution in [0.4, 0.5) is 13.2 Å². The maximum Gasteiger partial charge on any atom is 0.433 e. The van der Waals surface area contributed by atoms with Gasteiger partial charge in [-0.15, -0.1) is 16.4 Å². The van der Waals surface area contributed by atoms with E-state index in [0.717, 1.165) is 34.3 Å². The fraction of sp³-hybridized carbons (Fsp3) is 0.259. The Kier molecular flexibility index (Phi) is 5.64. The first-order valence-electron chi connectivity index (χ1n) is 11.9. The van der Waals surface area contributed by atoms with Crippen molar-refractivity contribution in [1.29, 1.82) is 0 Å². The summed E-state index contributed by atoms with van der Waals surface area (Å²) in [7, 11) is 0. The average molecular weight is 538 g/mol. The van der Waals surface area contributed by atoms with Gasteiger partial charge in [0.25, 0.3) is 0 Å². The Labute approximate surface area is 218 Å². The smallest absolute Gasteiger partial charge is 0.433 e. The molecule has 0 unspecified atom stereocenters. The molecule has 0 bridgehead atoms. The van der Waals surface area contributed by atoms with Gasteiger partial charge in [-0.1, -0.05) is 26.0 Å². The summed E-state index contributed by atoms with van der Waals surface area (Å²) in [6, 6.07) is 10.8. The summed E-state index contributed by atoms with van der Waals surface area (Å²) in [6.45, 7) is 8.12. The highest BCUT2D eigenvalue weighted by atomic mass is 32.1. The zero-order valence-electron chi connectivity index (χ0n) is 20.9. The molecule has 0 aliphatic rings. The van der Waals surface area contributed by atoms with Crippen LogP contribution in [-0.4, -0.2) is 24.6 Å². The van der Waals surface area contributed by atoms with E-state index < -0.39 is 11.9 Å². The molecule has 194 valence electrons. The van der Waals surface area contributed by atoms with E-state index in [2.05, 4.69) is 46.0 Å². The van der Waals surface area contributed by atoms with E-state index >= 15 is 0 Å². The maximum absolute atomic E-state index is 13.3. The van der Waals surface area contributed by atoms with Gasteiger partial charge in [-0.05, 0) is 60.7 Å². The largest absolute Gasteiger partial charge is 0.485 e. The zero-order chi connectivity index (χ0) is 26.8. The molecule has 0 fully saturated rings. The highest BCUT2D eigenvalue weighted by Gasteiger charge is 2.33. The van der Waals surface area contributed by atoms with Gasteiger partial charge in [0.15, 0.2) is 11.4 Å². The molecule has 5 aromatic heterocycles. The standard InChI is InChI=1S/C27H22F3N5O2S/c1-13(2)17-7-5-14(3)9-19(17)36-11-16-6-8-18(37-16)24-33-25-23-22(31-12-35(25)34-24)21-15(4)10-20(27(28,29)30)32-26(21)38-23/h5-10,12-13H,11H2,1-4H3. The third-order valence-electron chi connectivity index (χ3n) is 6.30. The van der Waals surface area contributed by atoms with E-state index in [1.807, 2.05) is 19.1 Å². The van der Waals surface area contributed by atoms with Crippen LogP contribution in [-0.2, 0) is 12.8 Å². The van der Waals surface area contributed by atoms with Crippen LogP contribution in [0.15, 0.2) is 47.1 Å². The summed E-state index contributed by atoms with van der Waals surface area (Å²) in [6.07, 6.45) is -3.04. The van der Waals surface area contributed by atoms with Gasteiger partial charge in [0, 0.05) is 5.39 Å². The molecule has 6 rings (SSSR count). The number of halogens is 3. The number of aromatic nitrogens is 5. The van der Waals surface area contributed by atoms with Crippen LogP contribution in [0, 0.1) is 13.8 Å². The lowest BCUT2D eigenvalue weighted by Crippen LogP contribution is -2.07. The normalized spacial score (nSPS) is 12.4. The molecule has 7 nitrogen and oxygen atoms in total. The molecular formula is C27H22F3N5O2S. The quantitative estimate of drug-likeness (QED) is 0.227. The van der Waals surface area contributed by atoms with E-state index in [1.54, 1.807) is 13.0 Å². The fourth-order valence-electron chi connectivity index (χ4n) is 4.43. The van der Waals surface area contributed by atoms with Crippen molar-refractivity contribution in [2.45, 2.75) is 46.4 Å². The Balaban J connectivity index is 1.34. The van der Waals surface area contributed by atoms with E-state index in [9.17, 15) is 13.2 Å². The van der Waals surface area contributed by atoms with Crippen LogP contribution in [0.1, 0.15) is 47.9 Å². The molecule has 0 saturated carbocycles. The second-order valence-electron chi connectivity index (χ2n) is 9.48. The molecule has 0 radical (unpaired) electrons. The Bertz CT molecular complexity index is 1830. The first kappa shape index (κ1) is 24.4. The molecule has 0 atom stereocenters. The van der Waals surface area contributed by atoms with E-state index in [0.29, 0.717) is 50.1 Å². The number of fused-ring (bicyclic) bond motifs is 5. The third kappa shape index (κ3) is 4.16. The number of thiophene rings is 1. The minimum atomic E-state index is -4.53. The predicted molar refractivity (Wildman–Crippen MR) is 139 cm³/mol. The summed E-state index contributed by atoms with van der Waals surface area (Å²) in [5.41, 5.74) is 2.77. The molecule has 0 amide bonds. The molecule has 0 saturated heterocycles. The van der Waals surface area contributed by atoms with Gasteiger partial charge in [0.1, 0.15) is 39.7 Å². The van der Waals surface area contributed by atoms with Gasteiger partial charge >= 0.3 is 6.18 Å². The summed E-state index contributed by atoms with van der Waals surface area (Å²) < 4.78 is 54.1. The van der Waals surface area contributed by atoms with E-state index in [4.69, 9.17) is 9.15 Å². The Morgan fingerprint density at radius 1 is 1.08 bits per heavy atom. The predicted octanol–water partition coefficient (Wildman–Crippen LogP) is 7.49. The minimum Gasteiger partial charge on any atom is -0.485 e. The monoisotopic (exact) mass is 537 g/mol. The molecule has 5 heterocycles. The summed E-state index contributed by atoms with van der Waals surface area (Å²) in [5, 5.41) is 5.06. The Morgan fingerprint density at radius 2 is 1.89 bits per heavy atom. The second kappa shape index (κ2) is 8.80. The second-order valence-corrected chi connectivity index (χ2v) is 10.5. The van der Waals surface area contributed by atoms with Crippen molar-refractivity contribution >= 4 is 37.4 Å². The lowest BCUT2D eigenvalue weighted by Gasteiger charge is -2.14. The van der Waals surface area contributed by atoms with Gasteiger partial charge in [0.05, 0.1) is 5.52 Å². The van der Waals surface area contributed by atoms with E-state index in [-0.39, 0.29) is 11.4 Å². The lowest BCUT2D eigenvalue weighted by molar-refractivity contribution is -0.141. The minimum absolute atomic E-state index is 0.241. The van der Waals surface area contributed by atoms with Crippen LogP contribution >= 0.6 is 11.3 Å². The molecule has 0 spiro atoms. The zero-order valence-corrected chi connectivity index (χ0v) is 21.7. The Morgan fingerprint density at radius 3 is 2.66 bits per heavy atom. The summed E-state index contributed by atoms with van der Waals surface area (Å²) >= 11 is 1.11. The van der Waals surface area contributed by atoms with Crippen LogP contribution in [0.3, 0.4) is 0 Å². The number of aryl methyl sites for hydroxylation is 2. The van der Waals surface area contributed by atoms with Gasteiger partial charge in [-0.2, -0.15) is 13.2 Å². The van der Waals surface area contributed by atoms with Crippen molar-refractivity contribution in [2.24, 2.45) is 0 Å². The first-order chi connectivity index (χ1) is 18.1. The Hall–Kier alpha value is -3.99. The van der Waals surface area contributed by atoms with Gasteiger partial charge in [0.2, 0.25) is 5.82 Å². The number of nitrogens with zero attached hydrogens (tertiary/aromatic N) is 5. The molecule has 1 aromatic carbocycles. The van der Waals surface area contributed by atoms with Crippen molar-refractivity contribution in [1.82, 2.24) is 24.6 Å². The van der Waals surface area contributed by atoms with Gasteiger partial charge < -0.3 is 9.15 Å². The number of rotatable bonds is 5. The molecule has 0 N–H and O–H groups in total. The third-order valence-corrected chi connectivity index (χ3v) is 7.37. The van der Waals surface area contributed by atoms with Crippen LogP contribution in [0.5, 0.6) is 5.75 Å². The number of ether oxygens (including phenoxy) is 1. The highest BCUT2D eigenvalue weighted by Crippen LogP contribution is 2.39. The number of alkyl halides is 3. The number of pyridine rings is 1. The van der Waals surface area contributed by atoms with Crippen molar-refractivity contribution in [2.75, 3.05) is 0 Å². The molecular weight excluding hydrogens is 515 g/mol. The molecule has 0 aliphatic heterocycles. The topological polar surface area (TPSA) is 78.3 Å². The van der Waals surface area contributed by atoms with Crippen LogP contribution in [0.25, 0.3) is 37.7 Å². The fourth-order valence-corrected chi connectivity index (χ4v) is 5.61. The maximum atomic E-state index is 13.3. The summed E-state index contributed by atoms with van der Waals surface area (Å²) in [4.78, 5) is 13.2. The van der Waals surface area contributed by atoms with E-state index in [1.165, 1.54) is 10.8 Å². The van der Waals surface area contributed by atoms with Gasteiger partial charge in [-0.3, -0.25) is 0 Å². The average Bonchev–Trinajstić information content (AvgIpc) is 3.57. The van der Waals surface area contributed by atoms with Gasteiger partial charge in [-0.25, -0.2) is 19.5 Å². The molecule has 38 heavy (non-hydrogen) atoms. The number of furan rings is 1. The van der Waals surface area contributed by atoms with Crippen molar-refractivity contribution in [3.63, 3.8) is 0 Å². The lowest BCUT2D eigenvalue weighted by atomic mass is 10.0. The number of hydrogen-bond acceptors (Lipinski definition) is 7. The van der Waals surface area contributed by atoms with Crippen LogP contribution in [0.2, 0.25) is 0 Å². The highest BCUT2D eigenvalue weighted by molar-refractivity contribution is 7.26. The molecule has 6 aromatic rings.